The van der Waals surface area contributed by atoms with Crippen molar-refractivity contribution < 1.29 is 28.7 Å². The summed E-state index contributed by atoms with van der Waals surface area (Å²) < 4.78 is 14.2. The number of amides is 4. The lowest BCUT2D eigenvalue weighted by Crippen LogP contribution is -2.42. The van der Waals surface area contributed by atoms with Crippen LogP contribution in [0.25, 0.3) is 43.1 Å². The minimum absolute atomic E-state index is 0.332. The lowest BCUT2D eigenvalue weighted by atomic mass is 9.80. The number of carbonyl (C=O) groups excluding carboxylic acids is 4. The second kappa shape index (κ2) is 24.6. The molecule has 0 N–H and O–H groups in total. The van der Waals surface area contributed by atoms with Gasteiger partial charge in [0.05, 0.1) is 22.5 Å². The molecular formula is C80H82N2O6. The molecule has 0 aromatic heterocycles. The van der Waals surface area contributed by atoms with Crippen LogP contribution in [0, 0.1) is 23.7 Å². The van der Waals surface area contributed by atoms with Crippen molar-refractivity contribution in [2.75, 3.05) is 9.80 Å². The molecule has 4 aliphatic carbocycles. The largest absolute Gasteiger partial charge is 0.457 e. The Labute approximate surface area is 518 Å². The van der Waals surface area contributed by atoms with E-state index < -0.39 is 0 Å². The molecule has 8 heteroatoms. The molecule has 8 nitrogen and oxygen atoms in total. The summed E-state index contributed by atoms with van der Waals surface area (Å²) in [6.45, 7) is 0. The Morgan fingerprint density at radius 1 is 0.307 bits per heavy atom. The first kappa shape index (κ1) is 56.7. The molecule has 15 rings (SSSR count). The van der Waals surface area contributed by atoms with E-state index in [1.807, 2.05) is 97.1 Å². The fourth-order valence-corrected chi connectivity index (χ4v) is 17.2. The van der Waals surface area contributed by atoms with Gasteiger partial charge >= 0.3 is 0 Å². The number of anilines is 2. The topological polar surface area (TPSA) is 93.2 Å². The molecule has 0 atom stereocenters. The summed E-state index contributed by atoms with van der Waals surface area (Å²) in [6.07, 6.45) is 32.3. The zero-order chi connectivity index (χ0) is 59.2. The van der Waals surface area contributed by atoms with E-state index in [1.54, 1.807) is 0 Å². The summed E-state index contributed by atoms with van der Waals surface area (Å²) in [4.78, 5) is 67.5. The van der Waals surface area contributed by atoms with Crippen LogP contribution in [0.2, 0.25) is 0 Å². The molecule has 9 aromatic rings. The highest BCUT2D eigenvalue weighted by Gasteiger charge is 2.42. The lowest BCUT2D eigenvalue weighted by Gasteiger charge is -2.34. The number of benzene rings is 9. The smallest absolute Gasteiger partial charge is 0.266 e. The fraction of sp³-hybridized carbons (Fsp3) is 0.400. The van der Waals surface area contributed by atoms with Crippen molar-refractivity contribution in [3.63, 3.8) is 0 Å². The average Bonchev–Trinajstić information content (AvgIpc) is 0.694. The molecule has 9 aromatic carbocycles. The molecule has 448 valence electrons. The predicted octanol–water partition coefficient (Wildman–Crippen LogP) is 21.0. The van der Waals surface area contributed by atoms with Crippen LogP contribution in [0.1, 0.15) is 218 Å². The van der Waals surface area contributed by atoms with E-state index >= 15 is 19.2 Å². The predicted molar refractivity (Wildman–Crippen MR) is 355 cm³/mol. The van der Waals surface area contributed by atoms with Gasteiger partial charge in [0.25, 0.3) is 23.6 Å². The summed E-state index contributed by atoms with van der Waals surface area (Å²) >= 11 is 0. The maximum Gasteiger partial charge on any atom is 0.266 e. The lowest BCUT2D eigenvalue weighted by molar-refractivity contribution is 0.0877. The third kappa shape index (κ3) is 10.5. The molecule has 4 saturated carbocycles. The monoisotopic (exact) mass is 1170 g/mol. The molecule has 0 radical (unpaired) electrons. The van der Waals surface area contributed by atoms with Crippen LogP contribution in [0.5, 0.6) is 23.0 Å². The summed E-state index contributed by atoms with van der Waals surface area (Å²) in [7, 11) is 0. The zero-order valence-corrected chi connectivity index (χ0v) is 51.2. The maximum atomic E-state index is 16.2. The van der Waals surface area contributed by atoms with Crippen molar-refractivity contribution in [1.82, 2.24) is 0 Å². The number of para-hydroxylation sites is 4. The van der Waals surface area contributed by atoms with E-state index in [2.05, 4.69) is 36.4 Å². The molecule has 0 spiro atoms. The molecule has 0 saturated heterocycles. The summed E-state index contributed by atoms with van der Waals surface area (Å²) in [6, 6.07) is 43.8. The Balaban J connectivity index is 0.921. The molecule has 0 bridgehead atoms. The minimum atomic E-state index is -0.367. The molecule has 6 aliphatic rings. The van der Waals surface area contributed by atoms with Gasteiger partial charge in [0, 0.05) is 43.4 Å². The molecule has 2 heterocycles. The first-order chi connectivity index (χ1) is 43.3. The summed E-state index contributed by atoms with van der Waals surface area (Å²) in [5.41, 5.74) is 7.41. The summed E-state index contributed by atoms with van der Waals surface area (Å²) in [5.74, 6) is 3.16. The van der Waals surface area contributed by atoms with E-state index in [0.29, 0.717) is 101 Å². The van der Waals surface area contributed by atoms with Crippen molar-refractivity contribution in [3.8, 4) is 23.0 Å². The molecular weight excluding hydrogens is 1080 g/mol. The third-order valence-corrected chi connectivity index (χ3v) is 21.7. The van der Waals surface area contributed by atoms with E-state index in [-0.39, 0.29) is 23.6 Å². The van der Waals surface area contributed by atoms with Crippen molar-refractivity contribution in [1.29, 1.82) is 0 Å². The quantitative estimate of drug-likeness (QED) is 0.0483. The first-order valence-electron chi connectivity index (χ1n) is 34.1. The average molecular weight is 1170 g/mol. The highest BCUT2D eigenvalue weighted by molar-refractivity contribution is 6.46. The van der Waals surface area contributed by atoms with Gasteiger partial charge in [-0.25, -0.2) is 9.80 Å². The Morgan fingerprint density at radius 3 is 0.932 bits per heavy atom. The summed E-state index contributed by atoms with van der Waals surface area (Å²) in [5, 5.41) is 5.37. The van der Waals surface area contributed by atoms with Crippen LogP contribution < -0.4 is 19.3 Å². The first-order valence-corrected chi connectivity index (χ1v) is 34.1. The SMILES string of the molecule is O=C1c2ccc3c4c(Oc5ccccc5)cc5c6c(ccc(c7c(Oc8ccccc8)cc(c2c37)C(=O)N1c1c(CCC2CCCCC2)cccc1CCC1CCCCC1)c64)C(=O)N(c1c(CCC2CCCCC2)cccc1CCC1CCCCC1)C5=O. The van der Waals surface area contributed by atoms with Crippen LogP contribution in [0.15, 0.2) is 133 Å². The maximum absolute atomic E-state index is 16.2. The number of hydrogen-bond donors (Lipinski definition) is 0. The second-order valence-electron chi connectivity index (χ2n) is 27.2. The molecule has 88 heavy (non-hydrogen) atoms. The van der Waals surface area contributed by atoms with Gasteiger partial charge in [0.15, 0.2) is 0 Å². The Hall–Kier alpha value is -7.84. The van der Waals surface area contributed by atoms with Crippen LogP contribution in [0.4, 0.5) is 11.4 Å². The van der Waals surface area contributed by atoms with Gasteiger partial charge in [-0.1, -0.05) is 213 Å². The number of aryl methyl sites for hydroxylation is 4. The van der Waals surface area contributed by atoms with Gasteiger partial charge in [-0.2, -0.15) is 0 Å². The van der Waals surface area contributed by atoms with E-state index in [0.717, 1.165) is 95.8 Å². The zero-order valence-electron chi connectivity index (χ0n) is 51.2. The number of imide groups is 2. The van der Waals surface area contributed by atoms with Crippen molar-refractivity contribution in [2.45, 2.75) is 180 Å². The van der Waals surface area contributed by atoms with Crippen LogP contribution in [0.3, 0.4) is 0 Å². The van der Waals surface area contributed by atoms with Gasteiger partial charge in [0.1, 0.15) is 23.0 Å². The third-order valence-electron chi connectivity index (χ3n) is 21.7. The number of rotatable bonds is 18. The fourth-order valence-electron chi connectivity index (χ4n) is 17.2. The molecule has 4 amide bonds. The standard InChI is InChI=1S/C80H82N2O6/c83-77-63-47-45-61-72-68(88-60-35-17-6-18-36-60)50-66-70-64(78(84)82(80(66)86)76-57(43-39-53-25-11-3-12-26-53)31-20-32-58(76)44-40-54-27-13-4-14-28-54)48-46-62(74(70)72)71-67(87-59-33-15-5-16-34-59)49-65(69(63)73(61)71)79(85)81(77)75-55(41-37-51-21-7-1-8-22-51)29-19-30-56(75)42-38-52-23-9-2-10-24-52/h5-6,15-20,29-36,45-54H,1-4,7-14,21-28,37-44H2. The second-order valence-corrected chi connectivity index (χ2v) is 27.2. The Kier molecular flexibility index (Phi) is 15.8. The van der Waals surface area contributed by atoms with Gasteiger partial charge < -0.3 is 9.47 Å². The molecule has 4 fully saturated rings. The van der Waals surface area contributed by atoms with Gasteiger partial charge in [-0.15, -0.1) is 0 Å². The number of nitrogens with zero attached hydrogens (tertiary/aromatic N) is 2. The van der Waals surface area contributed by atoms with Crippen LogP contribution in [-0.2, 0) is 25.7 Å². The number of fused-ring (bicyclic) bond motifs is 2. The Morgan fingerprint density at radius 2 is 0.614 bits per heavy atom. The normalized spacial score (nSPS) is 18.2. The van der Waals surface area contributed by atoms with Gasteiger partial charge in [0.2, 0.25) is 0 Å². The van der Waals surface area contributed by atoms with E-state index in [9.17, 15) is 0 Å². The van der Waals surface area contributed by atoms with Gasteiger partial charge in [-0.3, -0.25) is 19.2 Å². The minimum Gasteiger partial charge on any atom is -0.457 e. The highest BCUT2D eigenvalue weighted by Crippen LogP contribution is 2.54. The van der Waals surface area contributed by atoms with Crippen LogP contribution >= 0.6 is 0 Å². The number of ether oxygens (including phenoxy) is 2. The van der Waals surface area contributed by atoms with Crippen molar-refractivity contribution in [2.24, 2.45) is 23.7 Å². The van der Waals surface area contributed by atoms with Crippen LogP contribution in [-0.4, -0.2) is 23.6 Å². The van der Waals surface area contributed by atoms with Crippen molar-refractivity contribution >= 4 is 78.1 Å². The van der Waals surface area contributed by atoms with E-state index in [1.165, 1.54) is 138 Å². The number of carbonyl (C=O) groups is 4. The van der Waals surface area contributed by atoms with E-state index in [4.69, 9.17) is 9.47 Å². The molecule has 0 unspecified atom stereocenters. The van der Waals surface area contributed by atoms with Crippen molar-refractivity contribution in [3.05, 3.63) is 178 Å². The molecule has 2 aliphatic heterocycles. The number of hydrogen-bond acceptors (Lipinski definition) is 6. The van der Waals surface area contributed by atoms with Gasteiger partial charge in [-0.05, 0) is 157 Å². The highest BCUT2D eigenvalue weighted by atomic mass is 16.5. The Bertz CT molecular complexity index is 3780.